The van der Waals surface area contributed by atoms with Crippen LogP contribution in [-0.4, -0.2) is 18.4 Å². The Morgan fingerprint density at radius 2 is 2.50 bits per heavy atom. The molecule has 14 heavy (non-hydrogen) atoms. The van der Waals surface area contributed by atoms with Crippen molar-refractivity contribution in [3.63, 3.8) is 0 Å². The average Bonchev–Trinajstić information content (AvgIpc) is 2.64. The Hall–Kier alpha value is 0.110. The van der Waals surface area contributed by atoms with Crippen molar-refractivity contribution >= 4 is 8.69 Å². The molecule has 84 valence electrons. The van der Waals surface area contributed by atoms with Crippen LogP contribution in [0.2, 0.25) is 0 Å². The summed E-state index contributed by atoms with van der Waals surface area (Å²) < 4.78 is 21.3. The quantitative estimate of drug-likeness (QED) is 0.693. The van der Waals surface area contributed by atoms with Gasteiger partial charge in [0.25, 0.3) is 0 Å². The van der Waals surface area contributed by atoms with Crippen molar-refractivity contribution in [2.45, 2.75) is 50.9 Å². The molecule has 1 rings (SSSR count). The molecule has 1 aliphatic rings. The van der Waals surface area contributed by atoms with Crippen LogP contribution in [0.1, 0.15) is 39.0 Å². The van der Waals surface area contributed by atoms with Gasteiger partial charge in [-0.05, 0) is 19.3 Å². The first kappa shape index (κ1) is 12.2. The first-order valence-electron chi connectivity index (χ1n) is 5.23. The minimum absolute atomic E-state index is 0.196. The SMILES string of the molecule is CCC(N)CCC1(O[PH2]=O)CCCO1. The van der Waals surface area contributed by atoms with Crippen LogP contribution in [0.5, 0.6) is 0 Å². The summed E-state index contributed by atoms with van der Waals surface area (Å²) in [6.07, 6.45) is 4.42. The lowest BCUT2D eigenvalue weighted by atomic mass is 10.0. The lowest BCUT2D eigenvalue weighted by Gasteiger charge is -2.26. The highest BCUT2D eigenvalue weighted by Gasteiger charge is 2.35. The minimum atomic E-state index is -1.19. The van der Waals surface area contributed by atoms with E-state index in [-0.39, 0.29) is 6.04 Å². The van der Waals surface area contributed by atoms with Gasteiger partial charge in [0.2, 0.25) is 0 Å². The highest BCUT2D eigenvalue weighted by molar-refractivity contribution is 7.17. The van der Waals surface area contributed by atoms with Crippen LogP contribution in [0.15, 0.2) is 0 Å². The van der Waals surface area contributed by atoms with E-state index in [1.54, 1.807) is 0 Å². The zero-order valence-corrected chi connectivity index (χ0v) is 9.85. The van der Waals surface area contributed by atoms with Crippen LogP contribution in [0.4, 0.5) is 0 Å². The number of ether oxygens (including phenoxy) is 1. The zero-order valence-electron chi connectivity index (χ0n) is 8.70. The Morgan fingerprint density at radius 1 is 1.71 bits per heavy atom. The normalized spacial score (nSPS) is 30.1. The smallest absolute Gasteiger partial charge is 0.182 e. The molecule has 1 aliphatic heterocycles. The lowest BCUT2D eigenvalue weighted by molar-refractivity contribution is -0.149. The van der Waals surface area contributed by atoms with Gasteiger partial charge in [-0.15, -0.1) is 0 Å². The second kappa shape index (κ2) is 5.86. The molecule has 0 spiro atoms. The van der Waals surface area contributed by atoms with E-state index in [2.05, 4.69) is 6.92 Å². The molecule has 0 aliphatic carbocycles. The predicted molar refractivity (Wildman–Crippen MR) is 56.9 cm³/mol. The fourth-order valence-corrected chi connectivity index (χ4v) is 2.20. The summed E-state index contributed by atoms with van der Waals surface area (Å²) in [5, 5.41) is 0. The fourth-order valence-electron chi connectivity index (χ4n) is 1.72. The molecular weight excluding hydrogens is 201 g/mol. The second-order valence-corrected chi connectivity index (χ2v) is 4.21. The number of hydrogen-bond donors (Lipinski definition) is 1. The van der Waals surface area contributed by atoms with E-state index < -0.39 is 14.5 Å². The van der Waals surface area contributed by atoms with Crippen LogP contribution in [0.3, 0.4) is 0 Å². The van der Waals surface area contributed by atoms with Gasteiger partial charge in [0.15, 0.2) is 14.5 Å². The summed E-state index contributed by atoms with van der Waals surface area (Å²) in [6, 6.07) is 0.196. The van der Waals surface area contributed by atoms with Crippen molar-refractivity contribution in [2.24, 2.45) is 5.73 Å². The van der Waals surface area contributed by atoms with Crippen LogP contribution in [0.25, 0.3) is 0 Å². The third-order valence-corrected chi connectivity index (χ3v) is 3.28. The number of hydrogen-bond acceptors (Lipinski definition) is 4. The topological polar surface area (TPSA) is 61.5 Å². The Bertz CT molecular complexity index is 183. The van der Waals surface area contributed by atoms with Gasteiger partial charge in [-0.2, -0.15) is 0 Å². The van der Waals surface area contributed by atoms with Crippen molar-refractivity contribution in [1.82, 2.24) is 0 Å². The maximum Gasteiger partial charge on any atom is 0.182 e. The Kier molecular flexibility index (Phi) is 5.10. The summed E-state index contributed by atoms with van der Waals surface area (Å²) >= 11 is 0. The number of nitrogens with two attached hydrogens (primary N) is 1. The monoisotopic (exact) mass is 221 g/mol. The molecule has 1 heterocycles. The fraction of sp³-hybridized carbons (Fsp3) is 1.00. The van der Waals surface area contributed by atoms with E-state index >= 15 is 0 Å². The van der Waals surface area contributed by atoms with Crippen molar-refractivity contribution in [3.8, 4) is 0 Å². The summed E-state index contributed by atoms with van der Waals surface area (Å²) in [5.74, 6) is -0.579. The highest BCUT2D eigenvalue weighted by atomic mass is 31.1. The standard InChI is InChI=1S/C9H20NO3P/c1-2-8(10)4-6-9(13-14-11)5-3-7-12-9/h8H,2-7,10,14H2,1H3. The largest absolute Gasteiger partial charge is 0.350 e. The highest BCUT2D eigenvalue weighted by Crippen LogP contribution is 2.34. The van der Waals surface area contributed by atoms with Gasteiger partial charge in [0.1, 0.15) is 0 Å². The molecule has 5 heteroatoms. The third kappa shape index (κ3) is 3.35. The molecule has 2 N–H and O–H groups in total. The molecule has 0 saturated carbocycles. The van der Waals surface area contributed by atoms with E-state index in [9.17, 15) is 4.57 Å². The maximum absolute atomic E-state index is 10.6. The van der Waals surface area contributed by atoms with E-state index in [0.717, 1.165) is 32.1 Å². The van der Waals surface area contributed by atoms with Crippen molar-refractivity contribution in [3.05, 3.63) is 0 Å². The second-order valence-electron chi connectivity index (χ2n) is 3.78. The van der Waals surface area contributed by atoms with E-state index in [1.165, 1.54) is 0 Å². The molecule has 0 aromatic heterocycles. The third-order valence-electron chi connectivity index (χ3n) is 2.75. The van der Waals surface area contributed by atoms with Gasteiger partial charge in [0.05, 0.1) is 6.61 Å². The van der Waals surface area contributed by atoms with Crippen LogP contribution >= 0.6 is 8.69 Å². The molecule has 3 unspecified atom stereocenters. The predicted octanol–water partition coefficient (Wildman–Crippen LogP) is 1.70. The lowest BCUT2D eigenvalue weighted by Crippen LogP contribution is -2.31. The van der Waals surface area contributed by atoms with Gasteiger partial charge in [-0.3, -0.25) is 9.09 Å². The zero-order chi connectivity index (χ0) is 10.4. The van der Waals surface area contributed by atoms with Crippen LogP contribution < -0.4 is 5.73 Å². The van der Waals surface area contributed by atoms with Gasteiger partial charge in [-0.25, -0.2) is 0 Å². The molecular formula is C9H20NO3P. The Balaban J connectivity index is 2.39. The van der Waals surface area contributed by atoms with Gasteiger partial charge in [0, 0.05) is 18.9 Å². The molecule has 0 radical (unpaired) electrons. The van der Waals surface area contributed by atoms with Crippen molar-refractivity contribution in [2.75, 3.05) is 6.61 Å². The number of rotatable bonds is 6. The van der Waals surface area contributed by atoms with Crippen molar-refractivity contribution in [1.29, 1.82) is 0 Å². The Labute approximate surface area is 86.4 Å². The maximum atomic E-state index is 10.6. The van der Waals surface area contributed by atoms with Gasteiger partial charge < -0.3 is 10.5 Å². The molecule has 4 nitrogen and oxygen atoms in total. The summed E-state index contributed by atoms with van der Waals surface area (Å²) in [4.78, 5) is 0. The Morgan fingerprint density at radius 3 is 3.00 bits per heavy atom. The minimum Gasteiger partial charge on any atom is -0.350 e. The van der Waals surface area contributed by atoms with Crippen LogP contribution in [-0.2, 0) is 13.8 Å². The van der Waals surface area contributed by atoms with Crippen LogP contribution in [0, 0.1) is 0 Å². The molecule has 0 aromatic rings. The molecule has 0 amide bonds. The molecule has 3 atom stereocenters. The molecule has 1 fully saturated rings. The molecule has 0 bridgehead atoms. The molecule has 1 saturated heterocycles. The van der Waals surface area contributed by atoms with Gasteiger partial charge >= 0.3 is 0 Å². The van der Waals surface area contributed by atoms with Gasteiger partial charge in [-0.1, -0.05) is 6.92 Å². The van der Waals surface area contributed by atoms with E-state index in [4.69, 9.17) is 15.0 Å². The summed E-state index contributed by atoms with van der Waals surface area (Å²) in [7, 11) is -1.19. The van der Waals surface area contributed by atoms with E-state index in [1.807, 2.05) is 0 Å². The molecule has 0 aromatic carbocycles. The first-order chi connectivity index (χ1) is 6.72. The van der Waals surface area contributed by atoms with Crippen molar-refractivity contribution < 1.29 is 13.8 Å². The first-order valence-corrected chi connectivity index (χ1v) is 6.18. The average molecular weight is 221 g/mol. The van der Waals surface area contributed by atoms with E-state index in [0.29, 0.717) is 6.61 Å². The summed E-state index contributed by atoms with van der Waals surface area (Å²) in [5.41, 5.74) is 5.82. The summed E-state index contributed by atoms with van der Waals surface area (Å²) in [6.45, 7) is 2.77.